The summed E-state index contributed by atoms with van der Waals surface area (Å²) in [7, 11) is 1.76. The Kier molecular flexibility index (Phi) is 5.02. The fraction of sp³-hybridized carbons (Fsp3) is 0.600. The Hall–Kier alpha value is -1.80. The Bertz CT molecular complexity index is 640. The summed E-state index contributed by atoms with van der Waals surface area (Å²) in [5, 5.41) is 7.03. The van der Waals surface area contributed by atoms with E-state index in [-0.39, 0.29) is 5.91 Å². The molecule has 1 aliphatic rings. The average Bonchev–Trinajstić information content (AvgIpc) is 3.20. The molecule has 0 aliphatic carbocycles. The van der Waals surface area contributed by atoms with Crippen LogP contribution in [0.5, 0.6) is 0 Å². The molecule has 0 bridgehead atoms. The van der Waals surface area contributed by atoms with Gasteiger partial charge in [-0.3, -0.25) is 19.3 Å². The molecule has 3 rings (SSSR count). The van der Waals surface area contributed by atoms with Crippen LogP contribution in [-0.2, 0) is 17.9 Å². The summed E-state index contributed by atoms with van der Waals surface area (Å²) < 4.78 is 1.90. The molecule has 1 saturated heterocycles. The van der Waals surface area contributed by atoms with Gasteiger partial charge in [-0.1, -0.05) is 6.42 Å². The van der Waals surface area contributed by atoms with Crippen LogP contribution >= 0.6 is 11.3 Å². The van der Waals surface area contributed by atoms with Crippen LogP contribution < -0.4 is 4.90 Å². The Labute approximate surface area is 140 Å². The zero-order chi connectivity index (χ0) is 16.2. The number of carbonyl (C=O) groups excluding carboxylic acids is 1. The molecule has 0 spiro atoms. The largest absolute Gasteiger partial charge is 0.293 e. The first kappa shape index (κ1) is 16.1. The standard InChI is InChI=1S/C15H22N6OS/c1-12(22)19(2)15-18-13(9-23-15)7-20-6-4-3-5-14(20)8-21-11-16-10-17-21/h9-11,14H,3-8H2,1-2H3/t14-/m1/s1. The van der Waals surface area contributed by atoms with Crippen molar-refractivity contribution < 1.29 is 4.79 Å². The van der Waals surface area contributed by atoms with E-state index in [2.05, 4.69) is 25.3 Å². The molecule has 0 aromatic carbocycles. The van der Waals surface area contributed by atoms with E-state index in [1.807, 2.05) is 4.68 Å². The van der Waals surface area contributed by atoms with Gasteiger partial charge in [-0.25, -0.2) is 9.97 Å². The first-order valence-electron chi connectivity index (χ1n) is 7.88. The number of piperidine rings is 1. The molecule has 0 N–H and O–H groups in total. The molecule has 2 aromatic heterocycles. The molecule has 1 aliphatic heterocycles. The van der Waals surface area contributed by atoms with Gasteiger partial charge >= 0.3 is 0 Å². The van der Waals surface area contributed by atoms with Crippen molar-refractivity contribution >= 4 is 22.4 Å². The van der Waals surface area contributed by atoms with Crippen LogP contribution in [0.4, 0.5) is 5.13 Å². The number of carbonyl (C=O) groups is 1. The number of thiazole rings is 1. The van der Waals surface area contributed by atoms with Gasteiger partial charge in [0.1, 0.15) is 12.7 Å². The van der Waals surface area contributed by atoms with Gasteiger partial charge in [-0.15, -0.1) is 11.3 Å². The third-order valence-corrected chi connectivity index (χ3v) is 5.24. The fourth-order valence-corrected chi connectivity index (χ4v) is 3.71. The zero-order valence-corrected chi connectivity index (χ0v) is 14.4. The van der Waals surface area contributed by atoms with E-state index < -0.39 is 0 Å². The van der Waals surface area contributed by atoms with Crippen LogP contribution in [0, 0.1) is 0 Å². The van der Waals surface area contributed by atoms with Gasteiger partial charge in [0.05, 0.1) is 12.2 Å². The van der Waals surface area contributed by atoms with Crippen molar-refractivity contribution in [3.8, 4) is 0 Å². The first-order chi connectivity index (χ1) is 11.1. The highest BCUT2D eigenvalue weighted by molar-refractivity contribution is 7.14. The monoisotopic (exact) mass is 334 g/mol. The van der Waals surface area contributed by atoms with Crippen molar-refractivity contribution in [2.24, 2.45) is 0 Å². The van der Waals surface area contributed by atoms with Crippen LogP contribution in [0.15, 0.2) is 18.0 Å². The molecule has 2 aromatic rings. The average molecular weight is 334 g/mol. The van der Waals surface area contributed by atoms with E-state index in [0.717, 1.165) is 30.5 Å². The maximum Gasteiger partial charge on any atom is 0.225 e. The maximum absolute atomic E-state index is 11.4. The third kappa shape index (κ3) is 3.94. The molecule has 0 saturated carbocycles. The van der Waals surface area contributed by atoms with E-state index in [1.165, 1.54) is 30.6 Å². The second-order valence-electron chi connectivity index (χ2n) is 5.94. The van der Waals surface area contributed by atoms with E-state index in [0.29, 0.717) is 6.04 Å². The summed E-state index contributed by atoms with van der Waals surface area (Å²) in [6.07, 6.45) is 7.00. The minimum Gasteiger partial charge on any atom is -0.293 e. The zero-order valence-electron chi connectivity index (χ0n) is 13.6. The molecule has 1 amide bonds. The fourth-order valence-electron chi connectivity index (χ4n) is 2.88. The normalized spacial score (nSPS) is 19.0. The maximum atomic E-state index is 11.4. The van der Waals surface area contributed by atoms with Crippen LogP contribution in [-0.4, -0.2) is 50.2 Å². The van der Waals surface area contributed by atoms with Gasteiger partial charge in [0.15, 0.2) is 5.13 Å². The molecule has 1 fully saturated rings. The van der Waals surface area contributed by atoms with Crippen molar-refractivity contribution in [1.29, 1.82) is 0 Å². The predicted octanol–water partition coefficient (Wildman–Crippen LogP) is 1.77. The highest BCUT2D eigenvalue weighted by Crippen LogP contribution is 2.24. The molecule has 124 valence electrons. The molecule has 23 heavy (non-hydrogen) atoms. The Morgan fingerprint density at radius 3 is 3.09 bits per heavy atom. The van der Waals surface area contributed by atoms with Gasteiger partial charge in [0.2, 0.25) is 5.91 Å². The van der Waals surface area contributed by atoms with Crippen molar-refractivity contribution in [3.63, 3.8) is 0 Å². The lowest BCUT2D eigenvalue weighted by Gasteiger charge is -2.35. The summed E-state index contributed by atoms with van der Waals surface area (Å²) >= 11 is 1.52. The minimum absolute atomic E-state index is 0.00734. The van der Waals surface area contributed by atoms with Crippen molar-refractivity contribution in [3.05, 3.63) is 23.7 Å². The SMILES string of the molecule is CC(=O)N(C)c1nc(CN2CCCC[C@@H]2Cn2cncn2)cs1. The van der Waals surface area contributed by atoms with Crippen molar-refractivity contribution in [2.75, 3.05) is 18.5 Å². The second-order valence-corrected chi connectivity index (χ2v) is 6.77. The predicted molar refractivity (Wildman–Crippen MR) is 89.3 cm³/mol. The third-order valence-electron chi connectivity index (χ3n) is 4.28. The summed E-state index contributed by atoms with van der Waals surface area (Å²) in [5.41, 5.74) is 1.03. The number of nitrogens with zero attached hydrogens (tertiary/aromatic N) is 6. The Morgan fingerprint density at radius 1 is 1.48 bits per heavy atom. The van der Waals surface area contributed by atoms with Crippen LogP contribution in [0.3, 0.4) is 0 Å². The van der Waals surface area contributed by atoms with Gasteiger partial charge in [-0.2, -0.15) is 5.10 Å². The van der Waals surface area contributed by atoms with Crippen LogP contribution in [0.25, 0.3) is 0 Å². The van der Waals surface area contributed by atoms with Gasteiger partial charge in [0, 0.05) is 31.9 Å². The molecular weight excluding hydrogens is 312 g/mol. The Morgan fingerprint density at radius 2 is 2.35 bits per heavy atom. The lowest BCUT2D eigenvalue weighted by Crippen LogP contribution is -2.41. The lowest BCUT2D eigenvalue weighted by molar-refractivity contribution is -0.116. The molecule has 0 unspecified atom stereocenters. The molecule has 0 radical (unpaired) electrons. The second kappa shape index (κ2) is 7.18. The minimum atomic E-state index is 0.00734. The van der Waals surface area contributed by atoms with Gasteiger partial charge in [-0.05, 0) is 19.4 Å². The number of anilines is 1. The van der Waals surface area contributed by atoms with E-state index in [1.54, 1.807) is 31.5 Å². The molecule has 3 heterocycles. The molecule has 7 nitrogen and oxygen atoms in total. The highest BCUT2D eigenvalue weighted by Gasteiger charge is 2.24. The summed E-state index contributed by atoms with van der Waals surface area (Å²) in [4.78, 5) is 24.1. The topological polar surface area (TPSA) is 67.2 Å². The summed E-state index contributed by atoms with van der Waals surface area (Å²) in [6, 6.07) is 0.459. The molecule has 8 heteroatoms. The summed E-state index contributed by atoms with van der Waals surface area (Å²) in [5.74, 6) is 0.00734. The number of rotatable bonds is 5. The number of hydrogen-bond donors (Lipinski definition) is 0. The number of aromatic nitrogens is 4. The Balaban J connectivity index is 1.66. The van der Waals surface area contributed by atoms with Crippen LogP contribution in [0.2, 0.25) is 0 Å². The van der Waals surface area contributed by atoms with Crippen LogP contribution in [0.1, 0.15) is 31.9 Å². The molecule has 1 atom stereocenters. The van der Waals surface area contributed by atoms with E-state index in [4.69, 9.17) is 0 Å². The lowest BCUT2D eigenvalue weighted by atomic mass is 10.0. The highest BCUT2D eigenvalue weighted by atomic mass is 32.1. The van der Waals surface area contributed by atoms with E-state index >= 15 is 0 Å². The van der Waals surface area contributed by atoms with Gasteiger partial charge in [0.25, 0.3) is 0 Å². The smallest absolute Gasteiger partial charge is 0.225 e. The van der Waals surface area contributed by atoms with Gasteiger partial charge < -0.3 is 0 Å². The quantitative estimate of drug-likeness (QED) is 0.834. The number of amides is 1. The van der Waals surface area contributed by atoms with E-state index in [9.17, 15) is 4.79 Å². The number of likely N-dealkylation sites (tertiary alicyclic amines) is 1. The summed E-state index contributed by atoms with van der Waals surface area (Å²) in [6.45, 7) is 4.32. The molecular formula is C15H22N6OS. The first-order valence-corrected chi connectivity index (χ1v) is 8.76. The van der Waals surface area contributed by atoms with Crippen molar-refractivity contribution in [2.45, 2.75) is 45.3 Å². The number of hydrogen-bond acceptors (Lipinski definition) is 6. The van der Waals surface area contributed by atoms with Crippen molar-refractivity contribution in [1.82, 2.24) is 24.6 Å².